The maximum Gasteiger partial charge on any atom is 0.226 e. The maximum atomic E-state index is 13.4. The van der Waals surface area contributed by atoms with Gasteiger partial charge in [0.05, 0.1) is 18.5 Å². The van der Waals surface area contributed by atoms with Gasteiger partial charge in [0.1, 0.15) is 17.4 Å². The number of benzene rings is 2. The molecule has 7 heteroatoms. The van der Waals surface area contributed by atoms with Crippen molar-refractivity contribution in [2.24, 2.45) is 0 Å². The summed E-state index contributed by atoms with van der Waals surface area (Å²) in [4.78, 5) is 11.9. The second-order valence-electron chi connectivity index (χ2n) is 4.69. The zero-order chi connectivity index (χ0) is 16.8. The molecule has 0 spiro atoms. The maximum absolute atomic E-state index is 13.4. The fourth-order valence-electron chi connectivity index (χ4n) is 1.93. The van der Waals surface area contributed by atoms with E-state index in [1.807, 2.05) is 0 Å². The minimum atomic E-state index is -0.707. The first-order valence-electron chi connectivity index (χ1n) is 6.82. The lowest BCUT2D eigenvalue weighted by Crippen LogP contribution is -2.17. The van der Waals surface area contributed by atoms with E-state index in [0.29, 0.717) is 16.5 Å². The predicted molar refractivity (Wildman–Crippen MR) is 86.1 cm³/mol. The van der Waals surface area contributed by atoms with Gasteiger partial charge in [-0.3, -0.25) is 4.79 Å². The first-order valence-corrected chi connectivity index (χ1v) is 7.19. The Morgan fingerprint density at radius 3 is 2.65 bits per heavy atom. The molecule has 2 N–H and O–H groups in total. The molecule has 1 amide bonds. The molecule has 2 aromatic rings. The third kappa shape index (κ3) is 4.82. The highest BCUT2D eigenvalue weighted by atomic mass is 35.5. The van der Waals surface area contributed by atoms with Crippen LogP contribution >= 0.6 is 11.6 Å². The van der Waals surface area contributed by atoms with Crippen LogP contribution in [0.2, 0.25) is 5.02 Å². The first kappa shape index (κ1) is 17.0. The van der Waals surface area contributed by atoms with Gasteiger partial charge in [0.25, 0.3) is 0 Å². The molecular formula is C16H15ClF2N2O2. The molecule has 0 saturated heterocycles. The number of hydrogen-bond acceptors (Lipinski definition) is 3. The largest absolute Gasteiger partial charge is 0.495 e. The number of nitrogens with one attached hydrogen (secondary N) is 2. The van der Waals surface area contributed by atoms with Crippen LogP contribution < -0.4 is 15.4 Å². The third-order valence-electron chi connectivity index (χ3n) is 3.03. The normalized spacial score (nSPS) is 10.3. The summed E-state index contributed by atoms with van der Waals surface area (Å²) >= 11 is 5.88. The zero-order valence-corrected chi connectivity index (χ0v) is 13.1. The summed E-state index contributed by atoms with van der Waals surface area (Å²) in [6.07, 6.45) is 0.0898. The van der Waals surface area contributed by atoms with Crippen molar-refractivity contribution in [1.82, 2.24) is 0 Å². The van der Waals surface area contributed by atoms with Crippen LogP contribution in [0.5, 0.6) is 5.75 Å². The van der Waals surface area contributed by atoms with E-state index in [-0.39, 0.29) is 24.6 Å². The Bertz CT molecular complexity index is 710. The lowest BCUT2D eigenvalue weighted by Gasteiger charge is -2.11. The SMILES string of the molecule is COc1ccc(Cl)cc1NC(=O)CCNc1ccc(F)cc1F. The van der Waals surface area contributed by atoms with E-state index in [9.17, 15) is 13.6 Å². The molecule has 4 nitrogen and oxygen atoms in total. The molecule has 23 heavy (non-hydrogen) atoms. The molecule has 0 bridgehead atoms. The molecule has 0 aromatic heterocycles. The van der Waals surface area contributed by atoms with Gasteiger partial charge in [0, 0.05) is 24.1 Å². The van der Waals surface area contributed by atoms with Crippen molar-refractivity contribution in [2.75, 3.05) is 24.3 Å². The van der Waals surface area contributed by atoms with Gasteiger partial charge in [-0.1, -0.05) is 11.6 Å². The summed E-state index contributed by atoms with van der Waals surface area (Å²) < 4.78 is 31.3. The van der Waals surface area contributed by atoms with E-state index in [1.54, 1.807) is 18.2 Å². The van der Waals surface area contributed by atoms with Crippen LogP contribution in [0.15, 0.2) is 36.4 Å². The average Bonchev–Trinajstić information content (AvgIpc) is 2.50. The van der Waals surface area contributed by atoms with Crippen LogP contribution in [0.25, 0.3) is 0 Å². The number of halogens is 3. The standard InChI is InChI=1S/C16H15ClF2N2O2/c1-23-15-5-2-10(17)8-14(15)21-16(22)6-7-20-13-4-3-11(18)9-12(13)19/h2-5,8-9,20H,6-7H2,1H3,(H,21,22). The minimum absolute atomic E-state index is 0.0898. The summed E-state index contributed by atoms with van der Waals surface area (Å²) in [5, 5.41) is 5.87. The van der Waals surface area contributed by atoms with E-state index < -0.39 is 11.6 Å². The molecule has 0 aliphatic carbocycles. The van der Waals surface area contributed by atoms with Gasteiger partial charge >= 0.3 is 0 Å². The van der Waals surface area contributed by atoms with E-state index in [1.165, 1.54) is 13.2 Å². The molecule has 0 saturated carbocycles. The Morgan fingerprint density at radius 2 is 1.96 bits per heavy atom. The number of carbonyl (C=O) groups excluding carboxylic acids is 1. The van der Waals surface area contributed by atoms with E-state index >= 15 is 0 Å². The van der Waals surface area contributed by atoms with Gasteiger partial charge in [-0.2, -0.15) is 0 Å². The summed E-state index contributed by atoms with van der Waals surface area (Å²) in [5.41, 5.74) is 0.595. The number of carbonyl (C=O) groups is 1. The van der Waals surface area contributed by atoms with Crippen LogP contribution in [0.4, 0.5) is 20.2 Å². The molecule has 2 aromatic carbocycles. The van der Waals surface area contributed by atoms with Gasteiger partial charge in [-0.25, -0.2) is 8.78 Å². The molecule has 0 atom stereocenters. The fraction of sp³-hybridized carbons (Fsp3) is 0.188. The van der Waals surface area contributed by atoms with Crippen molar-refractivity contribution in [1.29, 1.82) is 0 Å². The fourth-order valence-corrected chi connectivity index (χ4v) is 2.11. The first-order chi connectivity index (χ1) is 11.0. The molecule has 0 unspecified atom stereocenters. The van der Waals surface area contributed by atoms with Gasteiger partial charge in [-0.15, -0.1) is 0 Å². The third-order valence-corrected chi connectivity index (χ3v) is 3.27. The van der Waals surface area contributed by atoms with Crippen LogP contribution in [-0.2, 0) is 4.79 Å². The number of anilines is 2. The summed E-state index contributed by atoms with van der Waals surface area (Å²) in [5.74, 6) is -1.17. The van der Waals surface area contributed by atoms with E-state index in [4.69, 9.17) is 16.3 Å². The zero-order valence-electron chi connectivity index (χ0n) is 12.3. The quantitative estimate of drug-likeness (QED) is 0.833. The number of ether oxygens (including phenoxy) is 1. The highest BCUT2D eigenvalue weighted by molar-refractivity contribution is 6.31. The Morgan fingerprint density at radius 1 is 1.17 bits per heavy atom. The van der Waals surface area contributed by atoms with Crippen LogP contribution in [-0.4, -0.2) is 19.6 Å². The average molecular weight is 341 g/mol. The Labute approximate surface area is 137 Å². The lowest BCUT2D eigenvalue weighted by atomic mass is 10.2. The summed E-state index contributed by atoms with van der Waals surface area (Å²) in [6, 6.07) is 8.06. The molecular weight excluding hydrogens is 326 g/mol. The Kier molecular flexibility index (Phi) is 5.76. The molecule has 0 fully saturated rings. The highest BCUT2D eigenvalue weighted by Crippen LogP contribution is 2.27. The van der Waals surface area contributed by atoms with E-state index in [2.05, 4.69) is 10.6 Å². The second-order valence-corrected chi connectivity index (χ2v) is 5.13. The van der Waals surface area contributed by atoms with Gasteiger partial charge in [0.2, 0.25) is 5.91 Å². The predicted octanol–water partition coefficient (Wildman–Crippen LogP) is 4.07. The molecule has 0 heterocycles. The second kappa shape index (κ2) is 7.78. The van der Waals surface area contributed by atoms with Crippen molar-refractivity contribution < 1.29 is 18.3 Å². The molecule has 122 valence electrons. The van der Waals surface area contributed by atoms with Crippen molar-refractivity contribution in [3.05, 3.63) is 53.1 Å². The van der Waals surface area contributed by atoms with Crippen molar-refractivity contribution in [2.45, 2.75) is 6.42 Å². The van der Waals surface area contributed by atoms with Crippen molar-refractivity contribution in [3.8, 4) is 5.75 Å². The number of hydrogen-bond donors (Lipinski definition) is 2. The van der Waals surface area contributed by atoms with Gasteiger partial charge in [-0.05, 0) is 30.3 Å². The van der Waals surface area contributed by atoms with Crippen LogP contribution in [0, 0.1) is 11.6 Å². The Hall–Kier alpha value is -2.34. The number of amides is 1. The smallest absolute Gasteiger partial charge is 0.226 e. The number of methoxy groups -OCH3 is 1. The molecule has 0 aliphatic heterocycles. The van der Waals surface area contributed by atoms with Crippen LogP contribution in [0.3, 0.4) is 0 Å². The number of rotatable bonds is 6. The van der Waals surface area contributed by atoms with E-state index in [0.717, 1.165) is 12.1 Å². The highest BCUT2D eigenvalue weighted by Gasteiger charge is 2.09. The van der Waals surface area contributed by atoms with Gasteiger partial charge in [0.15, 0.2) is 0 Å². The summed E-state index contributed by atoms with van der Waals surface area (Å²) in [7, 11) is 1.48. The van der Waals surface area contributed by atoms with Crippen molar-refractivity contribution >= 4 is 28.9 Å². The minimum Gasteiger partial charge on any atom is -0.495 e. The molecule has 2 rings (SSSR count). The Balaban J connectivity index is 1.89. The van der Waals surface area contributed by atoms with Crippen molar-refractivity contribution in [3.63, 3.8) is 0 Å². The lowest BCUT2D eigenvalue weighted by molar-refractivity contribution is -0.116. The monoisotopic (exact) mass is 340 g/mol. The summed E-state index contributed by atoms with van der Waals surface area (Å²) in [6.45, 7) is 0.192. The van der Waals surface area contributed by atoms with Gasteiger partial charge < -0.3 is 15.4 Å². The van der Waals surface area contributed by atoms with Crippen LogP contribution in [0.1, 0.15) is 6.42 Å². The molecule has 0 aliphatic rings. The topological polar surface area (TPSA) is 50.4 Å². The molecule has 0 radical (unpaired) electrons.